The summed E-state index contributed by atoms with van der Waals surface area (Å²) in [6.45, 7) is 5.07. The predicted octanol–water partition coefficient (Wildman–Crippen LogP) is 1.16. The summed E-state index contributed by atoms with van der Waals surface area (Å²) in [7, 11) is 1.76. The molecule has 0 spiro atoms. The molecule has 0 aromatic rings. The molecular weight excluding hydrogens is 190 g/mol. The summed E-state index contributed by atoms with van der Waals surface area (Å²) >= 11 is 0. The largest absolute Gasteiger partial charge is 0.392 e. The molecule has 2 fully saturated rings. The van der Waals surface area contributed by atoms with Crippen molar-refractivity contribution in [2.24, 2.45) is 11.3 Å². The van der Waals surface area contributed by atoms with Gasteiger partial charge in [0.1, 0.15) is 0 Å². The van der Waals surface area contributed by atoms with Crippen molar-refractivity contribution in [3.63, 3.8) is 0 Å². The van der Waals surface area contributed by atoms with E-state index >= 15 is 0 Å². The highest BCUT2D eigenvalue weighted by atomic mass is 16.5. The molecule has 3 atom stereocenters. The van der Waals surface area contributed by atoms with Gasteiger partial charge in [-0.15, -0.1) is 0 Å². The average Bonchev–Trinajstić information content (AvgIpc) is 2.99. The molecule has 2 aliphatic rings. The zero-order chi connectivity index (χ0) is 11.1. The number of aliphatic hydroxyl groups is 1. The van der Waals surface area contributed by atoms with Gasteiger partial charge in [0.2, 0.25) is 0 Å². The van der Waals surface area contributed by atoms with E-state index in [0.29, 0.717) is 12.1 Å². The Morgan fingerprint density at radius 2 is 2.13 bits per heavy atom. The summed E-state index contributed by atoms with van der Waals surface area (Å²) in [5, 5.41) is 13.3. The minimum atomic E-state index is -0.141. The summed E-state index contributed by atoms with van der Waals surface area (Å²) < 4.78 is 5.24. The van der Waals surface area contributed by atoms with E-state index < -0.39 is 0 Å². The maximum Gasteiger partial charge on any atom is 0.0621 e. The van der Waals surface area contributed by atoms with E-state index in [1.165, 1.54) is 12.8 Å². The fraction of sp³-hybridized carbons (Fsp3) is 1.00. The topological polar surface area (TPSA) is 41.5 Å². The van der Waals surface area contributed by atoms with Gasteiger partial charge >= 0.3 is 0 Å². The zero-order valence-corrected chi connectivity index (χ0v) is 9.99. The fourth-order valence-electron chi connectivity index (χ4n) is 2.44. The van der Waals surface area contributed by atoms with Crippen LogP contribution in [0.1, 0.15) is 33.1 Å². The number of aliphatic hydroxyl groups excluding tert-OH is 1. The first kappa shape index (κ1) is 11.4. The molecule has 3 heteroatoms. The lowest BCUT2D eigenvalue weighted by molar-refractivity contribution is -0.0790. The van der Waals surface area contributed by atoms with Gasteiger partial charge < -0.3 is 15.2 Å². The fourth-order valence-corrected chi connectivity index (χ4v) is 2.44. The molecule has 88 valence electrons. The van der Waals surface area contributed by atoms with E-state index in [9.17, 15) is 5.11 Å². The molecule has 0 aromatic heterocycles. The highest BCUT2D eigenvalue weighted by molar-refractivity contribution is 5.04. The van der Waals surface area contributed by atoms with E-state index in [4.69, 9.17) is 4.74 Å². The molecule has 2 aliphatic carbocycles. The number of hydrogen-bond donors (Lipinski definition) is 2. The minimum Gasteiger partial charge on any atom is -0.392 e. The Balaban J connectivity index is 1.84. The third-order valence-corrected chi connectivity index (χ3v) is 4.17. The van der Waals surface area contributed by atoms with Crippen LogP contribution in [0.15, 0.2) is 0 Å². The molecule has 0 bridgehead atoms. The van der Waals surface area contributed by atoms with Crippen LogP contribution < -0.4 is 5.32 Å². The van der Waals surface area contributed by atoms with Crippen molar-refractivity contribution in [2.45, 2.75) is 51.3 Å². The van der Waals surface area contributed by atoms with Crippen LogP contribution in [-0.4, -0.2) is 37.0 Å². The molecule has 0 heterocycles. The first-order valence-corrected chi connectivity index (χ1v) is 5.98. The van der Waals surface area contributed by atoms with Gasteiger partial charge in [-0.2, -0.15) is 0 Å². The van der Waals surface area contributed by atoms with Crippen molar-refractivity contribution >= 4 is 0 Å². The third-order valence-electron chi connectivity index (χ3n) is 4.17. The summed E-state index contributed by atoms with van der Waals surface area (Å²) in [4.78, 5) is 0. The Kier molecular flexibility index (Phi) is 3.06. The first-order valence-electron chi connectivity index (χ1n) is 5.98. The van der Waals surface area contributed by atoms with Gasteiger partial charge in [-0.1, -0.05) is 13.8 Å². The molecule has 0 aromatic carbocycles. The summed E-state index contributed by atoms with van der Waals surface area (Å²) in [6, 6.07) is 0.944. The van der Waals surface area contributed by atoms with Crippen LogP contribution in [0, 0.1) is 11.3 Å². The lowest BCUT2D eigenvalue weighted by atomic mass is 9.64. The summed E-state index contributed by atoms with van der Waals surface area (Å²) in [5.74, 6) is 0.804. The van der Waals surface area contributed by atoms with Gasteiger partial charge in [0.25, 0.3) is 0 Å². The van der Waals surface area contributed by atoms with Gasteiger partial charge in [-0.05, 0) is 25.2 Å². The molecule has 0 radical (unpaired) electrons. The normalized spacial score (nSPS) is 36.0. The molecule has 2 rings (SSSR count). The molecule has 0 amide bonds. The molecule has 2 saturated carbocycles. The van der Waals surface area contributed by atoms with Crippen LogP contribution >= 0.6 is 0 Å². The van der Waals surface area contributed by atoms with Crippen LogP contribution in [-0.2, 0) is 4.74 Å². The van der Waals surface area contributed by atoms with Crippen LogP contribution in [0.5, 0.6) is 0 Å². The zero-order valence-electron chi connectivity index (χ0n) is 9.99. The number of hydrogen-bond acceptors (Lipinski definition) is 3. The predicted molar refractivity (Wildman–Crippen MR) is 59.7 cm³/mol. The SMILES string of the molecule is COCC(NC1CC(O)C1(C)C)C1CC1. The van der Waals surface area contributed by atoms with Gasteiger partial charge in [-0.3, -0.25) is 0 Å². The van der Waals surface area contributed by atoms with Gasteiger partial charge in [0, 0.05) is 24.6 Å². The smallest absolute Gasteiger partial charge is 0.0621 e. The molecule has 3 unspecified atom stereocenters. The highest BCUT2D eigenvalue weighted by Crippen LogP contribution is 2.42. The monoisotopic (exact) mass is 213 g/mol. The van der Waals surface area contributed by atoms with Crippen LogP contribution in [0.3, 0.4) is 0 Å². The second-order valence-corrected chi connectivity index (χ2v) is 5.69. The molecule has 0 aliphatic heterocycles. The second kappa shape index (κ2) is 4.04. The molecule has 3 nitrogen and oxygen atoms in total. The maximum atomic E-state index is 9.67. The van der Waals surface area contributed by atoms with E-state index in [1.54, 1.807) is 7.11 Å². The van der Waals surface area contributed by atoms with Crippen molar-refractivity contribution in [3.05, 3.63) is 0 Å². The van der Waals surface area contributed by atoms with Crippen LogP contribution in [0.2, 0.25) is 0 Å². The summed E-state index contributed by atoms with van der Waals surface area (Å²) in [6.07, 6.45) is 3.41. The lowest BCUT2D eigenvalue weighted by Crippen LogP contribution is -2.62. The quantitative estimate of drug-likeness (QED) is 0.720. The van der Waals surface area contributed by atoms with Crippen molar-refractivity contribution in [3.8, 4) is 0 Å². The standard InChI is InChI=1S/C12H23NO2/c1-12(2)10(6-11(12)14)13-9(7-15-3)8-4-5-8/h8-11,13-14H,4-7H2,1-3H3. The van der Waals surface area contributed by atoms with E-state index in [2.05, 4.69) is 19.2 Å². The second-order valence-electron chi connectivity index (χ2n) is 5.69. The molecular formula is C12H23NO2. The Morgan fingerprint density at radius 1 is 1.47 bits per heavy atom. The van der Waals surface area contributed by atoms with Crippen molar-refractivity contribution in [1.29, 1.82) is 0 Å². The summed E-state index contributed by atoms with van der Waals surface area (Å²) in [5.41, 5.74) is 0.0287. The average molecular weight is 213 g/mol. The Morgan fingerprint density at radius 3 is 2.53 bits per heavy atom. The third kappa shape index (κ3) is 2.19. The molecule has 0 saturated heterocycles. The van der Waals surface area contributed by atoms with Gasteiger partial charge in [0.05, 0.1) is 12.7 Å². The Hall–Kier alpha value is -0.120. The molecule has 2 N–H and O–H groups in total. The van der Waals surface area contributed by atoms with Gasteiger partial charge in [0.15, 0.2) is 0 Å². The highest BCUT2D eigenvalue weighted by Gasteiger charge is 2.48. The molecule has 15 heavy (non-hydrogen) atoms. The first-order chi connectivity index (χ1) is 7.05. The van der Waals surface area contributed by atoms with Crippen molar-refractivity contribution < 1.29 is 9.84 Å². The van der Waals surface area contributed by atoms with Gasteiger partial charge in [-0.25, -0.2) is 0 Å². The van der Waals surface area contributed by atoms with Crippen molar-refractivity contribution in [2.75, 3.05) is 13.7 Å². The van der Waals surface area contributed by atoms with E-state index in [1.807, 2.05) is 0 Å². The number of ether oxygens (including phenoxy) is 1. The van der Waals surface area contributed by atoms with E-state index in [-0.39, 0.29) is 11.5 Å². The lowest BCUT2D eigenvalue weighted by Gasteiger charge is -2.51. The number of rotatable bonds is 5. The number of nitrogens with one attached hydrogen (secondary N) is 1. The van der Waals surface area contributed by atoms with E-state index in [0.717, 1.165) is 18.9 Å². The maximum absolute atomic E-state index is 9.67. The van der Waals surface area contributed by atoms with Crippen LogP contribution in [0.25, 0.3) is 0 Å². The Labute approximate surface area is 92.2 Å². The Bertz CT molecular complexity index is 224. The number of methoxy groups -OCH3 is 1. The minimum absolute atomic E-state index is 0.0287. The van der Waals surface area contributed by atoms with Crippen LogP contribution in [0.4, 0.5) is 0 Å². The van der Waals surface area contributed by atoms with Crippen molar-refractivity contribution in [1.82, 2.24) is 5.32 Å².